The summed E-state index contributed by atoms with van der Waals surface area (Å²) in [7, 11) is 0. The maximum atomic E-state index is 12.2. The Bertz CT molecular complexity index is 698. The van der Waals surface area contributed by atoms with Gasteiger partial charge < -0.3 is 15.0 Å². The molecular weight excluding hydrogens is 294 g/mol. The molecule has 2 rings (SSSR count). The lowest BCUT2D eigenvalue weighted by atomic mass is 10.0. The van der Waals surface area contributed by atoms with Crippen LogP contribution in [0.1, 0.15) is 25.3 Å². The molecule has 0 aliphatic heterocycles. The molecule has 1 unspecified atom stereocenters. The van der Waals surface area contributed by atoms with Crippen molar-refractivity contribution < 1.29 is 9.90 Å². The predicted octanol–water partition coefficient (Wildman–Crippen LogP) is 2.15. The Kier molecular flexibility index (Phi) is 5.91. The van der Waals surface area contributed by atoms with E-state index in [4.69, 9.17) is 5.11 Å². The Balaban J connectivity index is 2.17. The van der Waals surface area contributed by atoms with Gasteiger partial charge in [0.05, 0.1) is 0 Å². The quantitative estimate of drug-likeness (QED) is 0.780. The second kappa shape index (κ2) is 8.12. The van der Waals surface area contributed by atoms with Gasteiger partial charge in [-0.3, -0.25) is 9.59 Å². The third-order valence-corrected chi connectivity index (χ3v) is 3.63. The van der Waals surface area contributed by atoms with E-state index < -0.39 is 5.97 Å². The highest BCUT2D eigenvalue weighted by Crippen LogP contribution is 2.11. The molecule has 23 heavy (non-hydrogen) atoms. The van der Waals surface area contributed by atoms with E-state index >= 15 is 0 Å². The first-order valence-electron chi connectivity index (χ1n) is 7.68. The number of benzene rings is 1. The molecule has 0 bridgehead atoms. The van der Waals surface area contributed by atoms with E-state index in [9.17, 15) is 9.59 Å². The summed E-state index contributed by atoms with van der Waals surface area (Å²) >= 11 is 0. The Morgan fingerprint density at radius 1 is 1.35 bits per heavy atom. The molecule has 2 N–H and O–H groups in total. The van der Waals surface area contributed by atoms with Crippen LogP contribution in [0.4, 0.5) is 5.82 Å². The Hall–Kier alpha value is -2.63. The zero-order valence-electron chi connectivity index (χ0n) is 13.1. The number of carboxylic acids is 1. The molecule has 0 radical (unpaired) electrons. The molecule has 0 fully saturated rings. The first-order chi connectivity index (χ1) is 11.1. The van der Waals surface area contributed by atoms with Crippen molar-refractivity contribution in [2.24, 2.45) is 0 Å². The van der Waals surface area contributed by atoms with Crippen LogP contribution < -0.4 is 10.9 Å². The number of aromatic nitrogens is 2. The molecule has 0 aliphatic carbocycles. The lowest BCUT2D eigenvalue weighted by Crippen LogP contribution is -2.30. The fourth-order valence-electron chi connectivity index (χ4n) is 2.41. The third kappa shape index (κ3) is 4.95. The molecule has 6 heteroatoms. The summed E-state index contributed by atoms with van der Waals surface area (Å²) in [5, 5.41) is 12.0. The number of nitrogens with zero attached hydrogens (tertiary/aromatic N) is 2. The summed E-state index contributed by atoms with van der Waals surface area (Å²) < 4.78 is 1.56. The second-order valence-electron chi connectivity index (χ2n) is 5.33. The molecule has 1 aromatic heterocycles. The number of hydrogen-bond acceptors (Lipinski definition) is 4. The fraction of sp³-hybridized carbons (Fsp3) is 0.353. The number of anilines is 1. The van der Waals surface area contributed by atoms with Crippen LogP contribution in [-0.2, 0) is 17.8 Å². The zero-order chi connectivity index (χ0) is 16.7. The van der Waals surface area contributed by atoms with Gasteiger partial charge in [-0.2, -0.15) is 0 Å². The van der Waals surface area contributed by atoms with Crippen molar-refractivity contribution in [2.45, 2.75) is 38.8 Å². The molecule has 6 nitrogen and oxygen atoms in total. The highest BCUT2D eigenvalue weighted by Gasteiger charge is 2.14. The number of rotatable bonds is 8. The summed E-state index contributed by atoms with van der Waals surface area (Å²) in [6.45, 7) is 2.45. The molecule has 0 aliphatic rings. The average Bonchev–Trinajstić information content (AvgIpc) is 2.55. The van der Waals surface area contributed by atoms with Gasteiger partial charge in [-0.05, 0) is 25.3 Å². The number of nitrogens with one attached hydrogen (secondary N) is 1. The van der Waals surface area contributed by atoms with E-state index in [-0.39, 0.29) is 23.8 Å². The van der Waals surface area contributed by atoms with Gasteiger partial charge in [-0.25, -0.2) is 4.98 Å². The predicted molar refractivity (Wildman–Crippen MR) is 88.6 cm³/mol. The molecule has 1 heterocycles. The number of aliphatic carboxylic acids is 1. The normalized spacial score (nSPS) is 11.9. The topological polar surface area (TPSA) is 84.2 Å². The third-order valence-electron chi connectivity index (χ3n) is 3.63. The smallest absolute Gasteiger partial charge is 0.303 e. The van der Waals surface area contributed by atoms with Crippen LogP contribution in [-0.4, -0.2) is 26.7 Å². The first kappa shape index (κ1) is 16.7. The zero-order valence-corrected chi connectivity index (χ0v) is 13.1. The van der Waals surface area contributed by atoms with Gasteiger partial charge in [-0.15, -0.1) is 0 Å². The van der Waals surface area contributed by atoms with Crippen LogP contribution in [0.5, 0.6) is 0 Å². The number of hydrogen-bond donors (Lipinski definition) is 2. The largest absolute Gasteiger partial charge is 0.481 e. The summed E-state index contributed by atoms with van der Waals surface area (Å²) in [6.07, 6.45) is 4.31. The van der Waals surface area contributed by atoms with Crippen molar-refractivity contribution in [1.82, 2.24) is 9.55 Å². The minimum absolute atomic E-state index is 0.0410. The Morgan fingerprint density at radius 2 is 2.09 bits per heavy atom. The minimum atomic E-state index is -0.850. The van der Waals surface area contributed by atoms with E-state index in [1.54, 1.807) is 17.0 Å². The summed E-state index contributed by atoms with van der Waals surface area (Å²) in [4.78, 5) is 27.2. The van der Waals surface area contributed by atoms with Gasteiger partial charge in [0.15, 0.2) is 5.82 Å². The molecule has 0 saturated heterocycles. The number of aryl methyl sites for hydroxylation is 1. The van der Waals surface area contributed by atoms with Crippen LogP contribution >= 0.6 is 0 Å². The van der Waals surface area contributed by atoms with Crippen molar-refractivity contribution in [1.29, 1.82) is 0 Å². The molecule has 1 aromatic carbocycles. The number of carbonyl (C=O) groups is 1. The average molecular weight is 315 g/mol. The summed E-state index contributed by atoms with van der Waals surface area (Å²) in [6, 6.07) is 9.61. The highest BCUT2D eigenvalue weighted by molar-refractivity contribution is 5.66. The highest BCUT2D eigenvalue weighted by atomic mass is 16.4. The molecule has 0 spiro atoms. The molecule has 2 aromatic rings. The molecule has 0 saturated carbocycles. The van der Waals surface area contributed by atoms with Crippen molar-refractivity contribution in [3.05, 3.63) is 58.6 Å². The summed E-state index contributed by atoms with van der Waals surface area (Å²) in [5.74, 6) is -0.586. The van der Waals surface area contributed by atoms with Crippen LogP contribution in [0.2, 0.25) is 0 Å². The Morgan fingerprint density at radius 3 is 2.74 bits per heavy atom. The minimum Gasteiger partial charge on any atom is -0.481 e. The van der Waals surface area contributed by atoms with E-state index in [2.05, 4.69) is 10.3 Å². The van der Waals surface area contributed by atoms with Crippen LogP contribution in [0.15, 0.2) is 47.5 Å². The van der Waals surface area contributed by atoms with Gasteiger partial charge in [0.1, 0.15) is 0 Å². The van der Waals surface area contributed by atoms with Crippen LogP contribution in [0.3, 0.4) is 0 Å². The summed E-state index contributed by atoms with van der Waals surface area (Å²) in [5.41, 5.74) is 0.894. The van der Waals surface area contributed by atoms with Gasteiger partial charge in [-0.1, -0.05) is 30.3 Å². The van der Waals surface area contributed by atoms with E-state index in [1.165, 1.54) is 0 Å². The first-order valence-corrected chi connectivity index (χ1v) is 7.68. The molecule has 1 atom stereocenters. The standard InChI is InChI=1S/C17H21N3O3/c1-2-20-11-10-18-16(17(20)23)19-14(8-9-15(21)22)12-13-6-4-3-5-7-13/h3-7,10-11,14H,2,8-9,12H2,1H3,(H,18,19)(H,21,22). The van der Waals surface area contributed by atoms with E-state index in [1.807, 2.05) is 37.3 Å². The van der Waals surface area contributed by atoms with Crippen LogP contribution in [0, 0.1) is 0 Å². The van der Waals surface area contributed by atoms with Crippen molar-refractivity contribution >= 4 is 11.8 Å². The second-order valence-corrected chi connectivity index (χ2v) is 5.33. The maximum absolute atomic E-state index is 12.2. The fourth-order valence-corrected chi connectivity index (χ4v) is 2.41. The van der Waals surface area contributed by atoms with Crippen molar-refractivity contribution in [3.8, 4) is 0 Å². The van der Waals surface area contributed by atoms with E-state index in [0.717, 1.165) is 5.56 Å². The van der Waals surface area contributed by atoms with E-state index in [0.29, 0.717) is 19.4 Å². The van der Waals surface area contributed by atoms with Crippen molar-refractivity contribution in [3.63, 3.8) is 0 Å². The van der Waals surface area contributed by atoms with Gasteiger partial charge in [0, 0.05) is 31.4 Å². The lowest BCUT2D eigenvalue weighted by Gasteiger charge is -2.19. The molecule has 122 valence electrons. The van der Waals surface area contributed by atoms with Gasteiger partial charge in [0.2, 0.25) is 0 Å². The lowest BCUT2D eigenvalue weighted by molar-refractivity contribution is -0.137. The maximum Gasteiger partial charge on any atom is 0.303 e. The van der Waals surface area contributed by atoms with Gasteiger partial charge in [0.25, 0.3) is 5.56 Å². The van der Waals surface area contributed by atoms with Gasteiger partial charge >= 0.3 is 5.97 Å². The molecular formula is C17H21N3O3. The number of carboxylic acid groups (broad SMARTS) is 1. The molecule has 0 amide bonds. The van der Waals surface area contributed by atoms with Crippen molar-refractivity contribution in [2.75, 3.05) is 5.32 Å². The SMILES string of the molecule is CCn1ccnc(NC(CCC(=O)O)Cc2ccccc2)c1=O. The monoisotopic (exact) mass is 315 g/mol. The van der Waals surface area contributed by atoms with Crippen LogP contribution in [0.25, 0.3) is 0 Å². The Labute approximate surface area is 134 Å².